The van der Waals surface area contributed by atoms with Crippen LogP contribution in [0.1, 0.15) is 120 Å². The number of aliphatic carboxylic acids is 3. The van der Waals surface area contributed by atoms with Crippen molar-refractivity contribution in [2.45, 2.75) is 297 Å². The molecule has 74 heteroatoms. The predicted octanol–water partition coefficient (Wildman–Crippen LogP) is -39.6. The van der Waals surface area contributed by atoms with E-state index in [-0.39, 0.29) is 298 Å². The Morgan fingerprint density at radius 3 is 0.926 bits per heavy atom. The Hall–Kier alpha value is 1.87. The number of nitrogens with one attached hydrogen (secondary N) is 2. The molecule has 0 aromatic carbocycles. The van der Waals surface area contributed by atoms with Gasteiger partial charge in [0.1, 0.15) is 97.5 Å². The molecular weight excluding hydrogens is 2080 g/mol. The molecule has 1 unspecified atom stereocenters. The first kappa shape index (κ1) is 144. The first-order valence-corrected chi connectivity index (χ1v) is 45.4. The number of carbonyl (C=O) groups is 11. The molecule has 730 valence electrons. The van der Waals surface area contributed by atoms with Gasteiger partial charge in [-0.1, -0.05) is 34.6 Å². The van der Waals surface area contributed by atoms with Crippen LogP contribution in [-0.4, -0.2) is 358 Å². The van der Waals surface area contributed by atoms with Crippen LogP contribution >= 0.6 is 0 Å². The van der Waals surface area contributed by atoms with Gasteiger partial charge in [-0.15, -0.1) is 0 Å². The third-order valence-electron chi connectivity index (χ3n) is 18.0. The van der Waals surface area contributed by atoms with Gasteiger partial charge < -0.3 is 158 Å². The molecule has 1 amide bonds. The van der Waals surface area contributed by atoms with Crippen LogP contribution in [0.4, 0.5) is 0 Å². The zero-order valence-electron chi connectivity index (χ0n) is 75.9. The molecule has 0 saturated carbocycles. The van der Waals surface area contributed by atoms with Crippen LogP contribution in [0.25, 0.3) is 0 Å². The van der Waals surface area contributed by atoms with E-state index in [4.69, 9.17) is 85.3 Å². The first-order chi connectivity index (χ1) is 58.8. The molecule has 59 nitrogen and oxygen atoms in total. The topological polar surface area (TPSA) is 877 Å². The summed E-state index contributed by atoms with van der Waals surface area (Å²) in [6.45, 7) is 1.75. The Kier molecular flexibility index (Phi) is 69.1. The average molecular weight is 2170 g/mol. The zero-order valence-corrected chi connectivity index (χ0v) is 98.8. The van der Waals surface area contributed by atoms with E-state index in [0.29, 0.717) is 20.8 Å². The minimum Gasteiger partial charge on any atom is -0.735 e. The summed E-state index contributed by atoms with van der Waals surface area (Å²) in [5.41, 5.74) is 0. The van der Waals surface area contributed by atoms with Crippen LogP contribution in [0.5, 0.6) is 0 Å². The monoisotopic (exact) mass is 2170 g/mol. The van der Waals surface area contributed by atoms with Gasteiger partial charge in [-0.3, -0.25) is 59.3 Å². The fraction of sp³-hybridized carbons (Fsp3) is 0.823. The van der Waals surface area contributed by atoms with Gasteiger partial charge in [-0.2, -0.15) is 0 Å². The van der Waals surface area contributed by atoms with E-state index in [1.807, 2.05) is 0 Å². The quantitative estimate of drug-likeness (QED) is 0.0144. The maximum absolute atomic E-state index is 14.1. The molecule has 0 radical (unpaired) electrons. The fourth-order valence-electron chi connectivity index (χ4n) is 13.3. The maximum atomic E-state index is 14.1. The van der Waals surface area contributed by atoms with Crippen molar-refractivity contribution < 1.29 is 528 Å². The molecule has 0 aromatic rings. The van der Waals surface area contributed by atoms with Gasteiger partial charge in [0, 0.05) is 52.9 Å². The van der Waals surface area contributed by atoms with Gasteiger partial charge in [0.15, 0.2) is 90.6 Å². The standard InChI is InChI=1S/C62H94N2O57S6.9Na/c1-9-14-30(69)107-38-26(19-65)104-27(20-99-123(84,85)86)39(38)112-62-54(121-127(96,97)98)49(111-34(73)18-13-5)47(51(119-62)57(79)80)117-59-36(64-122(81,82)83)43(120-126(93,94)95)41(29(106-59)22-101-125(90,91)92)114-61-53(103-25(8)68)48(110-33(72)17-12-4)46(50(118-61)56(77)78)116-58-35(63-23(6)66)42(108-31(70)15-10-2)40(28(105-58)21-100-124(87,88)89)113-60-52(102-24(7)67)44(109-32(71)16-11-3)37(74)45(115-60)55(75)76;;;;;;;;;/h26-29,35-54,58-62,64-65,74H,9-22H2,1-8H3,(H,63,66)(H,75,76)(H,77,78)(H,79,80)(H,81,82,83)(H,84,85,86)(H,87,88,89)(H,90,91,92)(H,93,94,95)(H,96,97,98);;;;;;;;;/q;9*+1/p-9/t26-,27-,28-,29-,35-,36-,37+,38-,39-,40-,41-,42-,43+,44+,45-,46+,47+,48+,49+,50+,51?,52-,53-,54-,58-,59-,60-,61-,62-;;;;;;;;;/m1........./s1. The number of aliphatic hydroxyl groups excluding tert-OH is 2. The van der Waals surface area contributed by atoms with Gasteiger partial charge in [0.2, 0.25) is 57.9 Å². The summed E-state index contributed by atoms with van der Waals surface area (Å²) in [5, 5.41) is 64.0. The number of carboxylic acid groups (broad SMARTS) is 3. The average Bonchev–Trinajstić information content (AvgIpc) is 0.979. The first-order valence-electron chi connectivity index (χ1n) is 37.4. The van der Waals surface area contributed by atoms with Crippen LogP contribution in [0.15, 0.2) is 0 Å². The Balaban J connectivity index is -0.00000968. The summed E-state index contributed by atoms with van der Waals surface area (Å²) in [6, 6.07) is -6.03. The van der Waals surface area contributed by atoms with Gasteiger partial charge in [0.25, 0.3) is 0 Å². The molecule has 4 N–H and O–H groups in total. The molecule has 0 aromatic heterocycles. The number of hydrogen-bond donors (Lipinski definition) is 4. The minimum absolute atomic E-state index is 0. The van der Waals surface area contributed by atoms with E-state index in [0.717, 1.165) is 4.72 Å². The number of aliphatic hydroxyl groups is 2. The largest absolute Gasteiger partial charge is 1.00 e. The SMILES string of the molecule is CCCC(=O)O[C@@H]1[C@@H](OC(C)=O)[C@H](O[C@H]2[C@@H](OS(=O)(=O)[O-])[C@@H](NS(=O)(=O)[O-])[C@@H](O[C@@H]3C(C(=O)[O-])O[C@@H](O[C@H]4[C@H](OC(=O)CCC)[C@@H](CO)O[C@@H]4COS(=O)(=O)[O-])[C@H](OS(=O)(=O)[O-])[C@H]3OC(=O)CCC)O[C@@H]2COS(=O)(=O)[O-])O[C@H](C(=O)[O-])[C@H]1O[C@H]1O[C@H](COS(=O)(=O)[O-])[C@@H](O[C@@H]2O[C@@H](C(=O)[O-])[C@@H](O)[C@H](OC(=O)CCC)[C@H]2OC(C)=O)[C@H](OC(=O)CCC)[C@H]1NC(C)=O.[Na+].[Na+].[Na+].[Na+].[Na+].[Na+].[Na+].[Na+].[Na+]. The fourth-order valence-corrected chi connectivity index (χ4v) is 15.8. The number of hydrogen-bond acceptors (Lipinski definition) is 57. The molecule has 136 heavy (non-hydrogen) atoms. The van der Waals surface area contributed by atoms with E-state index in [1.165, 1.54) is 34.6 Å². The second kappa shape index (κ2) is 65.2. The molecule has 6 heterocycles. The van der Waals surface area contributed by atoms with E-state index >= 15 is 0 Å². The molecule has 6 saturated heterocycles. The van der Waals surface area contributed by atoms with Crippen molar-refractivity contribution in [3.05, 3.63) is 0 Å². The second-order valence-electron chi connectivity index (χ2n) is 27.7. The van der Waals surface area contributed by atoms with Gasteiger partial charge in [-0.05, 0) is 32.1 Å². The van der Waals surface area contributed by atoms with Gasteiger partial charge in [0.05, 0.1) is 44.3 Å². The molecule has 6 aliphatic rings. The second-order valence-corrected chi connectivity index (χ2v) is 34.0. The summed E-state index contributed by atoms with van der Waals surface area (Å²) in [5.74, 6) is -19.3. The number of esters is 7. The molecule has 29 atom stereocenters. The normalized spacial score (nSPS) is 31.1. The minimum atomic E-state index is -6.85. The van der Waals surface area contributed by atoms with E-state index < -0.39 is 364 Å². The Bertz CT molecular complexity index is 4610. The molecule has 6 rings (SSSR count). The van der Waals surface area contributed by atoms with Crippen LogP contribution in [0.2, 0.25) is 0 Å². The number of rotatable bonds is 47. The summed E-state index contributed by atoms with van der Waals surface area (Å²) in [4.78, 5) is 148. The van der Waals surface area contributed by atoms with Crippen molar-refractivity contribution in [1.29, 1.82) is 0 Å². The summed E-state index contributed by atoms with van der Waals surface area (Å²) in [6.07, 6.45) is -82.0. The molecule has 6 aliphatic heterocycles. The molecule has 0 aliphatic carbocycles. The van der Waals surface area contributed by atoms with Crippen LogP contribution in [-0.2, 0) is 221 Å². The van der Waals surface area contributed by atoms with Crippen LogP contribution < -0.4 is 291 Å². The summed E-state index contributed by atoms with van der Waals surface area (Å²) < 4.78 is 353. The molecule has 6 fully saturated rings. The van der Waals surface area contributed by atoms with E-state index in [2.05, 4.69) is 26.2 Å². The van der Waals surface area contributed by atoms with Crippen molar-refractivity contribution in [1.82, 2.24) is 10.0 Å². The Labute approximate surface area is 976 Å². The van der Waals surface area contributed by atoms with E-state index in [9.17, 15) is 156 Å². The molecule has 0 spiro atoms. The Morgan fingerprint density at radius 1 is 0.316 bits per heavy atom. The summed E-state index contributed by atoms with van der Waals surface area (Å²) in [7, 11) is -38.2. The zero-order chi connectivity index (χ0) is 95.7. The number of amides is 1. The van der Waals surface area contributed by atoms with Gasteiger partial charge in [-0.25, -0.2) is 55.2 Å². The smallest absolute Gasteiger partial charge is 0.735 e. The third kappa shape index (κ3) is 46.0. The van der Waals surface area contributed by atoms with Crippen molar-refractivity contribution >= 4 is 128 Å². The molecular formula is C62H85N2Na9O57S6. The van der Waals surface area contributed by atoms with Crippen LogP contribution in [0.3, 0.4) is 0 Å². The van der Waals surface area contributed by atoms with E-state index in [1.54, 1.807) is 0 Å². The van der Waals surface area contributed by atoms with Gasteiger partial charge >= 0.3 is 308 Å². The van der Waals surface area contributed by atoms with Crippen molar-refractivity contribution in [3.8, 4) is 0 Å². The predicted molar refractivity (Wildman–Crippen MR) is 370 cm³/mol. The maximum Gasteiger partial charge on any atom is 1.00 e. The number of ether oxygens (including phenoxy) is 18. The number of carbonyl (C=O) groups excluding carboxylic acids is 11. The van der Waals surface area contributed by atoms with Crippen molar-refractivity contribution in [2.24, 2.45) is 0 Å². The third-order valence-corrected chi connectivity index (χ3v) is 20.7. The summed E-state index contributed by atoms with van der Waals surface area (Å²) >= 11 is 0. The Morgan fingerprint density at radius 2 is 0.603 bits per heavy atom. The van der Waals surface area contributed by atoms with Crippen LogP contribution in [0, 0.1) is 0 Å². The van der Waals surface area contributed by atoms with Crippen molar-refractivity contribution in [2.75, 3.05) is 26.4 Å². The number of carboxylic acids is 3. The molecule has 0 bridgehead atoms. The van der Waals surface area contributed by atoms with Crippen molar-refractivity contribution in [3.63, 3.8) is 0 Å².